The molecule has 0 bridgehead atoms. The van der Waals surface area contributed by atoms with Crippen molar-refractivity contribution in [2.24, 2.45) is 5.41 Å². The predicted molar refractivity (Wildman–Crippen MR) is 69.2 cm³/mol. The topological polar surface area (TPSA) is 0 Å². The maximum absolute atomic E-state index is 2.40. The van der Waals surface area contributed by atoms with E-state index in [2.05, 4.69) is 13.8 Å². The van der Waals surface area contributed by atoms with Crippen molar-refractivity contribution >= 4 is 0 Å². The fourth-order valence-corrected chi connectivity index (χ4v) is 2.75. The molecule has 0 amide bonds. The Morgan fingerprint density at radius 1 is 0.467 bits per heavy atom. The maximum atomic E-state index is 2.40. The highest BCUT2D eigenvalue weighted by molar-refractivity contribution is 4.71. The molecule has 0 unspecified atom stereocenters. The second-order valence-corrected chi connectivity index (χ2v) is 6.20. The summed E-state index contributed by atoms with van der Waals surface area (Å²) in [6, 6.07) is 0. The summed E-state index contributed by atoms with van der Waals surface area (Å²) in [5.41, 5.74) is 0.663. The van der Waals surface area contributed by atoms with Crippen LogP contribution in [0, 0.1) is 5.41 Å². The van der Waals surface area contributed by atoms with E-state index in [0.717, 1.165) is 0 Å². The minimum atomic E-state index is 0.663. The molecule has 2 aliphatic carbocycles. The summed E-state index contributed by atoms with van der Waals surface area (Å²) < 4.78 is 0. The van der Waals surface area contributed by atoms with E-state index in [-0.39, 0.29) is 0 Å². The summed E-state index contributed by atoms with van der Waals surface area (Å²) in [7, 11) is 0. The molecule has 15 heavy (non-hydrogen) atoms. The fourth-order valence-electron chi connectivity index (χ4n) is 2.75. The molecular weight excluding hydrogens is 180 g/mol. The average Bonchev–Trinajstić information content (AvgIpc) is 2.45. The van der Waals surface area contributed by atoms with Crippen LogP contribution in [-0.4, -0.2) is 0 Å². The molecule has 0 N–H and O–H groups in total. The van der Waals surface area contributed by atoms with Crippen molar-refractivity contribution in [3.05, 3.63) is 0 Å². The largest absolute Gasteiger partial charge is 0.0599 e. The van der Waals surface area contributed by atoms with Crippen molar-refractivity contribution in [1.29, 1.82) is 0 Å². The number of rotatable bonds is 0. The van der Waals surface area contributed by atoms with Crippen molar-refractivity contribution < 1.29 is 0 Å². The molecule has 0 heteroatoms. The van der Waals surface area contributed by atoms with Gasteiger partial charge in [-0.1, -0.05) is 78.1 Å². The lowest BCUT2D eigenvalue weighted by molar-refractivity contribution is 0.314. The van der Waals surface area contributed by atoms with E-state index in [4.69, 9.17) is 0 Å². The first-order valence-corrected chi connectivity index (χ1v) is 7.21. The van der Waals surface area contributed by atoms with Gasteiger partial charge in [-0.3, -0.25) is 0 Å². The third-order valence-corrected chi connectivity index (χ3v) is 3.96. The van der Waals surface area contributed by atoms with Gasteiger partial charge < -0.3 is 0 Å². The van der Waals surface area contributed by atoms with Gasteiger partial charge in [-0.05, 0) is 18.3 Å². The molecular formula is C15H30. The Morgan fingerprint density at radius 2 is 0.733 bits per heavy atom. The summed E-state index contributed by atoms with van der Waals surface area (Å²) in [6.07, 6.45) is 17.8. The summed E-state index contributed by atoms with van der Waals surface area (Å²) in [5.74, 6) is 0. The van der Waals surface area contributed by atoms with E-state index in [1.165, 1.54) is 77.0 Å². The molecule has 0 aromatic carbocycles. The van der Waals surface area contributed by atoms with Crippen LogP contribution in [0.2, 0.25) is 0 Å². The first-order valence-electron chi connectivity index (χ1n) is 7.21. The van der Waals surface area contributed by atoms with Crippen LogP contribution < -0.4 is 0 Å². The Kier molecular flexibility index (Phi) is 6.36. The van der Waals surface area contributed by atoms with Crippen LogP contribution in [0.1, 0.15) is 90.9 Å². The van der Waals surface area contributed by atoms with Gasteiger partial charge >= 0.3 is 0 Å². The lowest BCUT2D eigenvalue weighted by atomic mass is 9.85. The Morgan fingerprint density at radius 3 is 1.07 bits per heavy atom. The van der Waals surface area contributed by atoms with Gasteiger partial charge in [0.05, 0.1) is 0 Å². The molecule has 0 aliphatic heterocycles. The van der Waals surface area contributed by atoms with E-state index < -0.39 is 0 Å². The normalized spacial score (nSPS) is 26.0. The highest BCUT2D eigenvalue weighted by Gasteiger charge is 2.18. The van der Waals surface area contributed by atoms with E-state index in [1.807, 2.05) is 0 Å². The van der Waals surface area contributed by atoms with Crippen LogP contribution in [0.3, 0.4) is 0 Å². The Hall–Kier alpha value is 0. The maximum Gasteiger partial charge on any atom is -0.0354 e. The fraction of sp³-hybridized carbons (Fsp3) is 1.00. The monoisotopic (exact) mass is 210 g/mol. The molecule has 0 aromatic heterocycles. The zero-order valence-electron chi connectivity index (χ0n) is 11.0. The molecule has 2 rings (SSSR count). The Labute approximate surface area is 96.8 Å². The van der Waals surface area contributed by atoms with Gasteiger partial charge in [-0.25, -0.2) is 0 Å². The van der Waals surface area contributed by atoms with Gasteiger partial charge in [0.2, 0.25) is 0 Å². The van der Waals surface area contributed by atoms with E-state index in [1.54, 1.807) is 0 Å². The van der Waals surface area contributed by atoms with Crippen LogP contribution in [0.5, 0.6) is 0 Å². The van der Waals surface area contributed by atoms with Gasteiger partial charge in [-0.15, -0.1) is 0 Å². The van der Waals surface area contributed by atoms with E-state index >= 15 is 0 Å². The van der Waals surface area contributed by atoms with Crippen molar-refractivity contribution in [2.75, 3.05) is 0 Å². The van der Waals surface area contributed by atoms with Crippen LogP contribution in [0.4, 0.5) is 0 Å². The van der Waals surface area contributed by atoms with E-state index in [0.29, 0.717) is 5.41 Å². The average molecular weight is 210 g/mol. The van der Waals surface area contributed by atoms with Crippen LogP contribution in [0.15, 0.2) is 0 Å². The lowest BCUT2D eigenvalue weighted by Crippen LogP contribution is -2.08. The summed E-state index contributed by atoms with van der Waals surface area (Å²) in [4.78, 5) is 0. The first kappa shape index (κ1) is 13.1. The zero-order valence-corrected chi connectivity index (χ0v) is 11.0. The molecule has 0 radical (unpaired) electrons. The van der Waals surface area contributed by atoms with Crippen molar-refractivity contribution in [3.8, 4) is 0 Å². The van der Waals surface area contributed by atoms with Crippen LogP contribution in [0.25, 0.3) is 0 Å². The van der Waals surface area contributed by atoms with Gasteiger partial charge in [0.15, 0.2) is 0 Å². The number of hydrogen-bond donors (Lipinski definition) is 0. The zero-order chi connectivity index (χ0) is 11.0. The minimum Gasteiger partial charge on any atom is -0.0599 e. The quantitative estimate of drug-likeness (QED) is 0.449. The van der Waals surface area contributed by atoms with Gasteiger partial charge in [0, 0.05) is 0 Å². The standard InChI is InChI=1S/C9H18.C6H12/c1-9(2)7-5-3-4-6-8-9;1-2-4-6-5-3-1/h3-8H2,1-2H3;1-6H2. The molecule has 0 atom stereocenters. The molecule has 90 valence electrons. The third kappa shape index (κ3) is 6.98. The molecule has 2 saturated carbocycles. The molecule has 0 spiro atoms. The third-order valence-electron chi connectivity index (χ3n) is 3.96. The number of hydrogen-bond acceptors (Lipinski definition) is 0. The summed E-state index contributed by atoms with van der Waals surface area (Å²) >= 11 is 0. The first-order chi connectivity index (χ1) is 7.21. The predicted octanol–water partition coefficient (Wildman–Crippen LogP) is 5.71. The summed E-state index contributed by atoms with van der Waals surface area (Å²) in [6.45, 7) is 4.80. The molecule has 0 saturated heterocycles. The summed E-state index contributed by atoms with van der Waals surface area (Å²) in [5, 5.41) is 0. The molecule has 0 nitrogen and oxygen atoms in total. The van der Waals surface area contributed by atoms with Crippen LogP contribution >= 0.6 is 0 Å². The molecule has 2 fully saturated rings. The van der Waals surface area contributed by atoms with Crippen molar-refractivity contribution in [1.82, 2.24) is 0 Å². The highest BCUT2D eigenvalue weighted by atomic mass is 14.2. The SMILES string of the molecule is C1CCCCC1.CC1(C)CCCCCC1. The molecule has 2 aliphatic rings. The molecule has 0 aromatic rings. The lowest BCUT2D eigenvalue weighted by Gasteiger charge is -2.21. The molecule has 0 heterocycles. The van der Waals surface area contributed by atoms with Crippen molar-refractivity contribution in [2.45, 2.75) is 90.9 Å². The van der Waals surface area contributed by atoms with Gasteiger partial charge in [-0.2, -0.15) is 0 Å². The van der Waals surface area contributed by atoms with Crippen LogP contribution in [-0.2, 0) is 0 Å². The Balaban J connectivity index is 0.000000162. The van der Waals surface area contributed by atoms with Gasteiger partial charge in [0.25, 0.3) is 0 Å². The highest BCUT2D eigenvalue weighted by Crippen LogP contribution is 2.33. The van der Waals surface area contributed by atoms with Gasteiger partial charge in [0.1, 0.15) is 0 Å². The smallest absolute Gasteiger partial charge is 0.0354 e. The second kappa shape index (κ2) is 7.30. The second-order valence-electron chi connectivity index (χ2n) is 6.20. The Bertz CT molecular complexity index is 121. The minimum absolute atomic E-state index is 0.663. The van der Waals surface area contributed by atoms with E-state index in [9.17, 15) is 0 Å². The van der Waals surface area contributed by atoms with Crippen molar-refractivity contribution in [3.63, 3.8) is 0 Å².